The van der Waals surface area contributed by atoms with Crippen molar-refractivity contribution in [2.75, 3.05) is 38.2 Å². The maximum absolute atomic E-state index is 12.5. The third kappa shape index (κ3) is 3.55. The number of benzene rings is 2. The SMILES string of the molecule is COc1ccc([N+](=O)[O-])cc1N1CCN(C(=O)c2ccccc2)CC1. The highest BCUT2D eigenvalue weighted by Gasteiger charge is 2.25. The molecule has 7 heteroatoms. The van der Waals surface area contributed by atoms with Crippen LogP contribution >= 0.6 is 0 Å². The molecule has 1 heterocycles. The number of nitrogens with zero attached hydrogens (tertiary/aromatic N) is 3. The van der Waals surface area contributed by atoms with Crippen molar-refractivity contribution >= 4 is 17.3 Å². The number of carbonyl (C=O) groups excluding carboxylic acids is 1. The molecule has 1 saturated heterocycles. The lowest BCUT2D eigenvalue weighted by Crippen LogP contribution is -2.48. The molecular weight excluding hydrogens is 322 g/mol. The van der Waals surface area contributed by atoms with E-state index in [0.717, 1.165) is 0 Å². The molecule has 2 aromatic carbocycles. The monoisotopic (exact) mass is 341 g/mol. The minimum Gasteiger partial charge on any atom is -0.495 e. The number of non-ortho nitro benzene ring substituents is 1. The van der Waals surface area contributed by atoms with Gasteiger partial charge in [-0.25, -0.2) is 0 Å². The molecule has 0 radical (unpaired) electrons. The average Bonchev–Trinajstić information content (AvgIpc) is 2.67. The highest BCUT2D eigenvalue weighted by atomic mass is 16.6. The van der Waals surface area contributed by atoms with Gasteiger partial charge < -0.3 is 14.5 Å². The lowest BCUT2D eigenvalue weighted by molar-refractivity contribution is -0.384. The number of carbonyl (C=O) groups is 1. The molecule has 1 amide bonds. The Morgan fingerprint density at radius 1 is 1.08 bits per heavy atom. The minimum absolute atomic E-state index is 0.00579. The number of amides is 1. The van der Waals surface area contributed by atoms with Crippen molar-refractivity contribution in [2.45, 2.75) is 0 Å². The van der Waals surface area contributed by atoms with Gasteiger partial charge in [-0.3, -0.25) is 14.9 Å². The summed E-state index contributed by atoms with van der Waals surface area (Å²) in [6.07, 6.45) is 0. The van der Waals surface area contributed by atoms with Crippen LogP contribution in [-0.4, -0.2) is 49.0 Å². The fourth-order valence-corrected chi connectivity index (χ4v) is 2.95. The van der Waals surface area contributed by atoms with Crippen LogP contribution in [0, 0.1) is 10.1 Å². The smallest absolute Gasteiger partial charge is 0.271 e. The van der Waals surface area contributed by atoms with Gasteiger partial charge in [-0.15, -0.1) is 0 Å². The standard InChI is InChI=1S/C18H19N3O4/c1-25-17-8-7-15(21(23)24)13-16(17)19-9-11-20(12-10-19)18(22)14-5-3-2-4-6-14/h2-8,13H,9-12H2,1H3. The van der Waals surface area contributed by atoms with Crippen LogP contribution in [-0.2, 0) is 0 Å². The Balaban J connectivity index is 1.73. The van der Waals surface area contributed by atoms with Crippen molar-refractivity contribution in [3.63, 3.8) is 0 Å². The molecule has 7 nitrogen and oxygen atoms in total. The van der Waals surface area contributed by atoms with Gasteiger partial charge in [0.25, 0.3) is 11.6 Å². The van der Waals surface area contributed by atoms with Crippen molar-refractivity contribution in [3.8, 4) is 5.75 Å². The second-order valence-electron chi connectivity index (χ2n) is 5.76. The molecule has 3 rings (SSSR count). The molecule has 1 fully saturated rings. The van der Waals surface area contributed by atoms with Crippen LogP contribution in [0.3, 0.4) is 0 Å². The Bertz CT molecular complexity index is 771. The first-order chi connectivity index (χ1) is 12.1. The lowest BCUT2D eigenvalue weighted by atomic mass is 10.1. The van der Waals surface area contributed by atoms with E-state index >= 15 is 0 Å². The number of piperazine rings is 1. The zero-order valence-electron chi connectivity index (χ0n) is 13.9. The number of nitro benzene ring substituents is 1. The molecule has 0 bridgehead atoms. The van der Waals surface area contributed by atoms with Crippen LogP contribution in [0.2, 0.25) is 0 Å². The van der Waals surface area contributed by atoms with Crippen molar-refractivity contribution < 1.29 is 14.5 Å². The largest absolute Gasteiger partial charge is 0.495 e. The van der Waals surface area contributed by atoms with Gasteiger partial charge in [-0.1, -0.05) is 18.2 Å². The fourth-order valence-electron chi connectivity index (χ4n) is 2.95. The van der Waals surface area contributed by atoms with Crippen molar-refractivity contribution in [2.24, 2.45) is 0 Å². The summed E-state index contributed by atoms with van der Waals surface area (Å²) < 4.78 is 5.33. The molecule has 2 aromatic rings. The molecule has 0 unspecified atom stereocenters. The molecule has 0 saturated carbocycles. The summed E-state index contributed by atoms with van der Waals surface area (Å²) in [4.78, 5) is 26.9. The number of rotatable bonds is 4. The van der Waals surface area contributed by atoms with E-state index in [4.69, 9.17) is 4.74 Å². The summed E-state index contributed by atoms with van der Waals surface area (Å²) in [5, 5.41) is 11.0. The van der Waals surface area contributed by atoms with Crippen molar-refractivity contribution in [3.05, 3.63) is 64.2 Å². The molecule has 0 spiro atoms. The molecule has 25 heavy (non-hydrogen) atoms. The highest BCUT2D eigenvalue weighted by molar-refractivity contribution is 5.94. The maximum Gasteiger partial charge on any atom is 0.271 e. The van der Waals surface area contributed by atoms with Gasteiger partial charge in [0.1, 0.15) is 5.75 Å². The Morgan fingerprint density at radius 3 is 2.36 bits per heavy atom. The summed E-state index contributed by atoms with van der Waals surface area (Å²) in [7, 11) is 1.54. The topological polar surface area (TPSA) is 75.9 Å². The van der Waals surface area contributed by atoms with E-state index in [-0.39, 0.29) is 11.6 Å². The third-order valence-electron chi connectivity index (χ3n) is 4.30. The normalized spacial score (nSPS) is 14.3. The zero-order chi connectivity index (χ0) is 17.8. The van der Waals surface area contributed by atoms with E-state index in [0.29, 0.717) is 43.2 Å². The Hall–Kier alpha value is -3.09. The first-order valence-corrected chi connectivity index (χ1v) is 8.02. The summed E-state index contributed by atoms with van der Waals surface area (Å²) in [5.74, 6) is 0.597. The highest BCUT2D eigenvalue weighted by Crippen LogP contribution is 2.32. The van der Waals surface area contributed by atoms with Crippen LogP contribution in [0.15, 0.2) is 48.5 Å². The molecule has 0 N–H and O–H groups in total. The molecule has 0 atom stereocenters. The molecule has 1 aliphatic rings. The van der Waals surface area contributed by atoms with Crippen LogP contribution in [0.1, 0.15) is 10.4 Å². The van der Waals surface area contributed by atoms with Crippen LogP contribution < -0.4 is 9.64 Å². The van der Waals surface area contributed by atoms with Gasteiger partial charge in [0.2, 0.25) is 0 Å². The number of nitro groups is 1. The van der Waals surface area contributed by atoms with Crippen molar-refractivity contribution in [1.29, 1.82) is 0 Å². The molecule has 0 aromatic heterocycles. The van der Waals surface area contributed by atoms with Crippen LogP contribution in [0.5, 0.6) is 5.75 Å². The second kappa shape index (κ2) is 7.21. The fraction of sp³-hybridized carbons (Fsp3) is 0.278. The Morgan fingerprint density at radius 2 is 1.76 bits per heavy atom. The maximum atomic E-state index is 12.5. The quantitative estimate of drug-likeness (QED) is 0.631. The number of hydrogen-bond acceptors (Lipinski definition) is 5. The molecule has 130 valence electrons. The molecule has 0 aliphatic carbocycles. The lowest BCUT2D eigenvalue weighted by Gasteiger charge is -2.36. The molecule has 1 aliphatic heterocycles. The second-order valence-corrected chi connectivity index (χ2v) is 5.76. The Labute approximate surface area is 145 Å². The summed E-state index contributed by atoms with van der Waals surface area (Å²) in [5.41, 5.74) is 1.38. The Kier molecular flexibility index (Phi) is 4.83. The first kappa shape index (κ1) is 16.8. The summed E-state index contributed by atoms with van der Waals surface area (Å²) in [6, 6.07) is 13.7. The van der Waals surface area contributed by atoms with Gasteiger partial charge in [0.05, 0.1) is 17.7 Å². The summed E-state index contributed by atoms with van der Waals surface area (Å²) in [6.45, 7) is 2.30. The van der Waals surface area contributed by atoms with Gasteiger partial charge in [-0.05, 0) is 18.2 Å². The number of anilines is 1. The van der Waals surface area contributed by atoms with Gasteiger partial charge >= 0.3 is 0 Å². The molecular formula is C18H19N3O4. The first-order valence-electron chi connectivity index (χ1n) is 8.02. The van der Waals surface area contributed by atoms with Gasteiger partial charge in [0, 0.05) is 43.9 Å². The van der Waals surface area contributed by atoms with E-state index < -0.39 is 4.92 Å². The van der Waals surface area contributed by atoms with E-state index in [1.807, 2.05) is 23.1 Å². The van der Waals surface area contributed by atoms with E-state index in [9.17, 15) is 14.9 Å². The number of methoxy groups -OCH3 is 1. The van der Waals surface area contributed by atoms with Gasteiger partial charge in [-0.2, -0.15) is 0 Å². The average molecular weight is 341 g/mol. The van der Waals surface area contributed by atoms with Crippen molar-refractivity contribution in [1.82, 2.24) is 4.90 Å². The predicted octanol–water partition coefficient (Wildman–Crippen LogP) is 2.57. The predicted molar refractivity (Wildman–Crippen MR) is 94.2 cm³/mol. The van der Waals surface area contributed by atoms with Crippen LogP contribution in [0.25, 0.3) is 0 Å². The third-order valence-corrected chi connectivity index (χ3v) is 4.30. The van der Waals surface area contributed by atoms with E-state index in [2.05, 4.69) is 0 Å². The zero-order valence-corrected chi connectivity index (χ0v) is 13.9. The van der Waals surface area contributed by atoms with Gasteiger partial charge in [0.15, 0.2) is 0 Å². The van der Waals surface area contributed by atoms with Crippen LogP contribution in [0.4, 0.5) is 11.4 Å². The number of ether oxygens (including phenoxy) is 1. The van der Waals surface area contributed by atoms with E-state index in [1.165, 1.54) is 12.1 Å². The summed E-state index contributed by atoms with van der Waals surface area (Å²) >= 11 is 0. The van der Waals surface area contributed by atoms with E-state index in [1.54, 1.807) is 30.2 Å². The minimum atomic E-state index is -0.419. The number of hydrogen-bond donors (Lipinski definition) is 0.